The maximum Gasteiger partial charge on any atom is 0.286 e. The molecule has 0 amide bonds. The number of halogens is 1. The van der Waals surface area contributed by atoms with E-state index >= 15 is 0 Å². The van der Waals surface area contributed by atoms with Crippen LogP contribution in [0.25, 0.3) is 5.52 Å². The highest BCUT2D eigenvalue weighted by Crippen LogP contribution is 2.31. The molecule has 8 nitrogen and oxygen atoms in total. The molecule has 0 spiro atoms. The second-order valence-corrected chi connectivity index (χ2v) is 9.06. The Kier molecular flexibility index (Phi) is 4.41. The van der Waals surface area contributed by atoms with Gasteiger partial charge in [0.05, 0.1) is 12.2 Å². The van der Waals surface area contributed by atoms with Crippen molar-refractivity contribution in [3.05, 3.63) is 93.7 Å². The van der Waals surface area contributed by atoms with Gasteiger partial charge in [0.25, 0.3) is 15.6 Å². The van der Waals surface area contributed by atoms with Crippen LogP contribution in [0.3, 0.4) is 0 Å². The number of rotatable bonds is 3. The first kappa shape index (κ1) is 20.0. The Morgan fingerprint density at radius 1 is 1.12 bits per heavy atom. The van der Waals surface area contributed by atoms with E-state index < -0.39 is 27.1 Å². The van der Waals surface area contributed by atoms with Gasteiger partial charge in [-0.3, -0.25) is 9.31 Å². The molecule has 32 heavy (non-hydrogen) atoms. The molecule has 0 aliphatic carbocycles. The quantitative estimate of drug-likeness (QED) is 0.497. The first-order valence-corrected chi connectivity index (χ1v) is 11.1. The molecule has 0 radical (unpaired) electrons. The highest BCUT2D eigenvalue weighted by molar-refractivity contribution is 7.90. The highest BCUT2D eigenvalue weighted by atomic mass is 32.2. The lowest BCUT2D eigenvalue weighted by Crippen LogP contribution is -2.35. The number of benzene rings is 2. The molecular formula is C22H17FN4O4S. The normalized spacial score (nSPS) is 14.6. The summed E-state index contributed by atoms with van der Waals surface area (Å²) in [5, 5.41) is 13.7. The first-order valence-electron chi connectivity index (χ1n) is 9.65. The van der Waals surface area contributed by atoms with Crippen molar-refractivity contribution in [3.63, 3.8) is 0 Å². The van der Waals surface area contributed by atoms with E-state index in [0.717, 1.165) is 5.56 Å². The zero-order valence-corrected chi connectivity index (χ0v) is 17.6. The van der Waals surface area contributed by atoms with Crippen molar-refractivity contribution in [1.82, 2.24) is 9.20 Å². The number of amidine groups is 1. The van der Waals surface area contributed by atoms with Gasteiger partial charge in [0, 0.05) is 6.20 Å². The molecule has 3 heterocycles. The Labute approximate surface area is 181 Å². The lowest BCUT2D eigenvalue weighted by molar-refractivity contribution is 0.466. The van der Waals surface area contributed by atoms with E-state index in [9.17, 15) is 22.7 Å². The molecule has 1 aliphatic rings. The van der Waals surface area contributed by atoms with Crippen LogP contribution in [0.4, 0.5) is 10.1 Å². The minimum atomic E-state index is -4.09. The van der Waals surface area contributed by atoms with Crippen molar-refractivity contribution in [1.29, 1.82) is 0 Å². The summed E-state index contributed by atoms with van der Waals surface area (Å²) in [7, 11) is -4.09. The Hall–Kier alpha value is -3.92. The van der Waals surface area contributed by atoms with E-state index in [1.54, 1.807) is 49.5 Å². The average molecular weight is 452 g/mol. The second kappa shape index (κ2) is 7.06. The van der Waals surface area contributed by atoms with Crippen LogP contribution >= 0.6 is 0 Å². The van der Waals surface area contributed by atoms with Crippen molar-refractivity contribution in [2.75, 3.05) is 5.32 Å². The molecule has 5 rings (SSSR count). The predicted octanol–water partition coefficient (Wildman–Crippen LogP) is 2.86. The number of hydrogen-bond donors (Lipinski definition) is 2. The number of hydrogen-bond acceptors (Lipinski definition) is 5. The molecule has 1 aliphatic heterocycles. The molecule has 0 atom stereocenters. The van der Waals surface area contributed by atoms with Gasteiger partial charge in [-0.25, -0.2) is 9.07 Å². The summed E-state index contributed by atoms with van der Waals surface area (Å²) in [6, 6.07) is 13.7. The molecular weight excluding hydrogens is 435 g/mol. The number of nitrogens with zero attached hydrogens (tertiary/aromatic N) is 3. The minimum Gasteiger partial charge on any atom is -0.505 e. The van der Waals surface area contributed by atoms with Gasteiger partial charge in [-0.15, -0.1) is 4.40 Å². The topological polar surface area (TPSA) is 105 Å². The molecule has 2 aromatic heterocycles. The number of aromatic hydroxyl groups is 1. The largest absolute Gasteiger partial charge is 0.505 e. The zero-order valence-electron chi connectivity index (χ0n) is 16.8. The van der Waals surface area contributed by atoms with Crippen LogP contribution in [-0.2, 0) is 16.6 Å². The maximum absolute atomic E-state index is 13.4. The van der Waals surface area contributed by atoms with Crippen LogP contribution in [0.2, 0.25) is 0 Å². The summed E-state index contributed by atoms with van der Waals surface area (Å²) >= 11 is 0. The van der Waals surface area contributed by atoms with E-state index in [1.807, 2.05) is 0 Å². The van der Waals surface area contributed by atoms with Crippen LogP contribution < -0.4 is 10.9 Å². The van der Waals surface area contributed by atoms with Gasteiger partial charge < -0.3 is 10.4 Å². The van der Waals surface area contributed by atoms with Crippen molar-refractivity contribution < 1.29 is 17.9 Å². The molecule has 162 valence electrons. The van der Waals surface area contributed by atoms with Crippen LogP contribution in [-0.4, -0.2) is 28.6 Å². The van der Waals surface area contributed by atoms with Gasteiger partial charge in [-0.2, -0.15) is 8.42 Å². The summed E-state index contributed by atoms with van der Waals surface area (Å²) in [6.45, 7) is 1.82. The molecule has 0 unspecified atom stereocenters. The summed E-state index contributed by atoms with van der Waals surface area (Å²) in [4.78, 5) is 13.4. The van der Waals surface area contributed by atoms with E-state index in [0.29, 0.717) is 11.1 Å². The number of aromatic nitrogens is 2. The number of anilines is 1. The third-order valence-corrected chi connectivity index (χ3v) is 6.59. The Morgan fingerprint density at radius 3 is 2.62 bits per heavy atom. The summed E-state index contributed by atoms with van der Waals surface area (Å²) < 4.78 is 45.4. The van der Waals surface area contributed by atoms with E-state index in [-0.39, 0.29) is 28.5 Å². The van der Waals surface area contributed by atoms with Crippen LogP contribution in [0.5, 0.6) is 5.75 Å². The SMILES string of the molecule is Cc1ccc2c(c1)S(=O)(=O)N=C(c1c(O)c3cccn3n(Cc3ccc(F)cc3)c1=O)N2. The second-order valence-electron chi connectivity index (χ2n) is 7.49. The van der Waals surface area contributed by atoms with Gasteiger partial charge in [0.15, 0.2) is 11.6 Å². The first-order chi connectivity index (χ1) is 15.2. The lowest BCUT2D eigenvalue weighted by atomic mass is 10.1. The molecule has 0 bridgehead atoms. The number of aryl methyl sites for hydroxylation is 1. The molecule has 2 N–H and O–H groups in total. The zero-order chi connectivity index (χ0) is 22.6. The fraction of sp³-hybridized carbons (Fsp3) is 0.0909. The monoisotopic (exact) mass is 452 g/mol. The third-order valence-electron chi connectivity index (χ3n) is 5.28. The van der Waals surface area contributed by atoms with Crippen LogP contribution in [0.15, 0.2) is 74.9 Å². The van der Waals surface area contributed by atoms with Gasteiger partial charge in [-0.1, -0.05) is 18.2 Å². The predicted molar refractivity (Wildman–Crippen MR) is 117 cm³/mol. The number of nitrogens with one attached hydrogen (secondary N) is 1. The van der Waals surface area contributed by atoms with Gasteiger partial charge in [0.2, 0.25) is 0 Å². The van der Waals surface area contributed by atoms with Crippen molar-refractivity contribution in [3.8, 4) is 5.75 Å². The van der Waals surface area contributed by atoms with Gasteiger partial charge in [0.1, 0.15) is 21.8 Å². The Bertz CT molecular complexity index is 1580. The third kappa shape index (κ3) is 3.16. The van der Waals surface area contributed by atoms with E-state index in [2.05, 4.69) is 9.71 Å². The fourth-order valence-corrected chi connectivity index (χ4v) is 4.93. The van der Waals surface area contributed by atoms with Crippen LogP contribution in [0, 0.1) is 12.7 Å². The van der Waals surface area contributed by atoms with Crippen molar-refractivity contribution in [2.45, 2.75) is 18.4 Å². The highest BCUT2D eigenvalue weighted by Gasteiger charge is 2.30. The van der Waals surface area contributed by atoms with Gasteiger partial charge >= 0.3 is 0 Å². The number of sulfonamides is 1. The Morgan fingerprint density at radius 2 is 1.88 bits per heavy atom. The molecule has 0 saturated carbocycles. The molecule has 4 aromatic rings. The summed E-state index contributed by atoms with van der Waals surface area (Å²) in [5.74, 6) is -1.06. The summed E-state index contributed by atoms with van der Waals surface area (Å²) in [5.41, 5.74) is 1.01. The maximum atomic E-state index is 13.4. The smallest absolute Gasteiger partial charge is 0.286 e. The molecule has 0 fully saturated rings. The molecule has 10 heteroatoms. The van der Waals surface area contributed by atoms with Crippen LogP contribution in [0.1, 0.15) is 16.7 Å². The minimum absolute atomic E-state index is 0.00357. The van der Waals surface area contributed by atoms with Crippen molar-refractivity contribution in [2.24, 2.45) is 4.40 Å². The Balaban J connectivity index is 1.72. The summed E-state index contributed by atoms with van der Waals surface area (Å²) in [6.07, 6.45) is 1.59. The standard InChI is InChI=1S/C22H17FN4O4S/c1-13-4-9-16-18(11-13)32(30,31)25-21(24-16)19-20(28)17-3-2-10-26(17)27(22(19)29)12-14-5-7-15(23)8-6-14/h2-11,28H,12H2,1H3,(H,24,25). The lowest BCUT2D eigenvalue weighted by Gasteiger charge is -2.20. The van der Waals surface area contributed by atoms with E-state index in [4.69, 9.17) is 0 Å². The molecule has 2 aromatic carbocycles. The fourth-order valence-electron chi connectivity index (χ4n) is 3.72. The van der Waals surface area contributed by atoms with Gasteiger partial charge in [-0.05, 0) is 54.4 Å². The molecule has 0 saturated heterocycles. The van der Waals surface area contributed by atoms with Crippen molar-refractivity contribution >= 4 is 27.1 Å². The average Bonchev–Trinajstić information content (AvgIpc) is 3.23. The van der Waals surface area contributed by atoms with E-state index in [1.165, 1.54) is 27.4 Å². The number of fused-ring (bicyclic) bond motifs is 2.